The summed E-state index contributed by atoms with van der Waals surface area (Å²) in [5, 5.41) is 16.1. The molecule has 0 aliphatic heterocycles. The highest BCUT2D eigenvalue weighted by atomic mass is 32.1. The molecule has 0 saturated carbocycles. The quantitative estimate of drug-likeness (QED) is 0.748. The molecule has 0 spiro atoms. The number of carbonyl (C=O) groups is 1. The van der Waals surface area contributed by atoms with Gasteiger partial charge in [-0.05, 0) is 37.5 Å². The molecule has 2 aromatic rings. The van der Waals surface area contributed by atoms with Crippen LogP contribution in [0.2, 0.25) is 0 Å². The molecule has 5 nitrogen and oxygen atoms in total. The number of aliphatic hydroxyl groups is 1. The van der Waals surface area contributed by atoms with Gasteiger partial charge in [-0.1, -0.05) is 20.8 Å². The molecular formula is C17H25N3O2S. The van der Waals surface area contributed by atoms with Crippen LogP contribution < -0.4 is 10.6 Å². The molecule has 0 aliphatic carbocycles. The van der Waals surface area contributed by atoms with E-state index < -0.39 is 0 Å². The third-order valence-electron chi connectivity index (χ3n) is 3.51. The van der Waals surface area contributed by atoms with Crippen molar-refractivity contribution in [1.82, 2.24) is 10.3 Å². The molecule has 23 heavy (non-hydrogen) atoms. The van der Waals surface area contributed by atoms with Gasteiger partial charge in [0.1, 0.15) is 0 Å². The van der Waals surface area contributed by atoms with Gasteiger partial charge >= 0.3 is 6.03 Å². The van der Waals surface area contributed by atoms with Gasteiger partial charge in [0.15, 0.2) is 0 Å². The first kappa shape index (κ1) is 17.7. The van der Waals surface area contributed by atoms with Crippen LogP contribution in [-0.2, 0) is 0 Å². The van der Waals surface area contributed by atoms with E-state index in [-0.39, 0.29) is 18.1 Å². The van der Waals surface area contributed by atoms with Crippen LogP contribution in [0.4, 0.5) is 10.5 Å². The zero-order valence-electron chi connectivity index (χ0n) is 14.1. The summed E-state index contributed by atoms with van der Waals surface area (Å²) in [5.74, 6) is 0.640. The minimum absolute atomic E-state index is 0.226. The molecule has 2 unspecified atom stereocenters. The third kappa shape index (κ3) is 5.18. The van der Waals surface area contributed by atoms with Crippen molar-refractivity contribution in [2.45, 2.75) is 46.1 Å². The van der Waals surface area contributed by atoms with Gasteiger partial charge in [0.2, 0.25) is 0 Å². The fourth-order valence-electron chi connectivity index (χ4n) is 2.38. The molecule has 0 fully saturated rings. The molecule has 3 N–H and O–H groups in total. The monoisotopic (exact) mass is 335 g/mol. The number of nitrogens with zero attached hydrogens (tertiary/aromatic N) is 1. The fourth-order valence-corrected chi connectivity index (χ4v) is 3.38. The molecule has 126 valence electrons. The van der Waals surface area contributed by atoms with Crippen molar-refractivity contribution < 1.29 is 9.90 Å². The van der Waals surface area contributed by atoms with E-state index in [9.17, 15) is 9.90 Å². The number of benzene rings is 1. The highest BCUT2D eigenvalue weighted by molar-refractivity contribution is 7.18. The Balaban J connectivity index is 1.94. The van der Waals surface area contributed by atoms with Gasteiger partial charge < -0.3 is 15.7 Å². The number of hydrogen-bond donors (Lipinski definition) is 3. The van der Waals surface area contributed by atoms with Gasteiger partial charge in [-0.3, -0.25) is 0 Å². The highest BCUT2D eigenvalue weighted by Gasteiger charge is 2.10. The van der Waals surface area contributed by atoms with Crippen LogP contribution in [0.1, 0.15) is 45.0 Å². The number of nitrogens with one attached hydrogen (secondary N) is 2. The number of urea groups is 1. The lowest BCUT2D eigenvalue weighted by molar-refractivity contribution is 0.163. The Morgan fingerprint density at radius 3 is 2.70 bits per heavy atom. The predicted molar refractivity (Wildman–Crippen MR) is 96.2 cm³/mol. The van der Waals surface area contributed by atoms with E-state index in [0.717, 1.165) is 20.9 Å². The summed E-state index contributed by atoms with van der Waals surface area (Å²) >= 11 is 1.66. The number of rotatable bonds is 6. The molecule has 1 aromatic carbocycles. The second kappa shape index (κ2) is 7.75. The van der Waals surface area contributed by atoms with Crippen molar-refractivity contribution in [2.75, 3.05) is 11.9 Å². The molecule has 0 bridgehead atoms. The number of amides is 2. The molecule has 2 atom stereocenters. The molecule has 6 heteroatoms. The predicted octanol–water partition coefficient (Wildman–Crippen LogP) is 3.95. The van der Waals surface area contributed by atoms with E-state index in [4.69, 9.17) is 0 Å². The van der Waals surface area contributed by atoms with E-state index in [1.165, 1.54) is 0 Å². The van der Waals surface area contributed by atoms with E-state index in [2.05, 4.69) is 29.5 Å². The number of hydrogen-bond acceptors (Lipinski definition) is 4. The Bertz CT molecular complexity index is 667. The third-order valence-corrected chi connectivity index (χ3v) is 4.83. The highest BCUT2D eigenvalue weighted by Crippen LogP contribution is 2.29. The molecule has 0 radical (unpaired) electrons. The maximum absolute atomic E-state index is 12.0. The van der Waals surface area contributed by atoms with Crippen LogP contribution in [0.3, 0.4) is 0 Å². The molecule has 1 aromatic heterocycles. The van der Waals surface area contributed by atoms with Crippen LogP contribution in [0.25, 0.3) is 10.2 Å². The first-order valence-corrected chi connectivity index (χ1v) is 8.80. The Labute approximate surface area is 141 Å². The lowest BCUT2D eigenvalue weighted by Crippen LogP contribution is -2.33. The van der Waals surface area contributed by atoms with E-state index in [1.54, 1.807) is 18.3 Å². The van der Waals surface area contributed by atoms with E-state index >= 15 is 0 Å². The number of anilines is 1. The van der Waals surface area contributed by atoms with Crippen LogP contribution in [0.5, 0.6) is 0 Å². The summed E-state index contributed by atoms with van der Waals surface area (Å²) in [6.45, 7) is 8.55. The van der Waals surface area contributed by atoms with Crippen molar-refractivity contribution in [3.63, 3.8) is 0 Å². The van der Waals surface area contributed by atoms with Crippen LogP contribution in [0, 0.1) is 5.92 Å². The van der Waals surface area contributed by atoms with Gasteiger partial charge in [-0.25, -0.2) is 9.78 Å². The first-order chi connectivity index (χ1) is 10.8. The Hall–Kier alpha value is -1.66. The van der Waals surface area contributed by atoms with E-state index in [1.807, 2.05) is 25.1 Å². The summed E-state index contributed by atoms with van der Waals surface area (Å²) in [7, 11) is 0. The molecule has 1 heterocycles. The Kier molecular flexibility index (Phi) is 5.96. The van der Waals surface area contributed by atoms with Crippen molar-refractivity contribution >= 4 is 33.3 Å². The van der Waals surface area contributed by atoms with Gasteiger partial charge in [0.25, 0.3) is 0 Å². The largest absolute Gasteiger partial charge is 0.393 e. The summed E-state index contributed by atoms with van der Waals surface area (Å²) in [6, 6.07) is 5.53. The summed E-state index contributed by atoms with van der Waals surface area (Å²) < 4.78 is 1.08. The zero-order chi connectivity index (χ0) is 17.0. The van der Waals surface area contributed by atoms with Crippen LogP contribution in [0.15, 0.2) is 18.2 Å². The lowest BCUT2D eigenvalue weighted by atomic mass is 10.1. The standard InChI is InChI=1S/C17H25N3O2S/c1-10(2)16-20-14-6-5-13(8-15(14)23-16)19-17(22)18-9-11(3)7-12(4)21/h5-6,8,10-12,21H,7,9H2,1-4H3,(H2,18,19,22). The second-order valence-corrected chi connectivity index (χ2v) is 7.48. The number of aliphatic hydroxyl groups excluding tert-OH is 1. The van der Waals surface area contributed by atoms with Gasteiger partial charge in [-0.15, -0.1) is 11.3 Å². The number of thiazole rings is 1. The maximum Gasteiger partial charge on any atom is 0.319 e. The van der Waals surface area contributed by atoms with Crippen molar-refractivity contribution in [3.8, 4) is 0 Å². The van der Waals surface area contributed by atoms with E-state index in [0.29, 0.717) is 18.9 Å². The topological polar surface area (TPSA) is 74.2 Å². The molecular weight excluding hydrogens is 310 g/mol. The van der Waals surface area contributed by atoms with Crippen molar-refractivity contribution in [1.29, 1.82) is 0 Å². The van der Waals surface area contributed by atoms with Crippen molar-refractivity contribution in [2.24, 2.45) is 5.92 Å². The Morgan fingerprint density at radius 1 is 1.30 bits per heavy atom. The number of carbonyl (C=O) groups excluding carboxylic acids is 1. The average molecular weight is 335 g/mol. The van der Waals surface area contributed by atoms with Crippen molar-refractivity contribution in [3.05, 3.63) is 23.2 Å². The number of aromatic nitrogens is 1. The second-order valence-electron chi connectivity index (χ2n) is 6.41. The molecule has 2 amide bonds. The van der Waals surface area contributed by atoms with Gasteiger partial charge in [-0.2, -0.15) is 0 Å². The smallest absolute Gasteiger partial charge is 0.319 e. The molecule has 0 aliphatic rings. The van der Waals surface area contributed by atoms with Gasteiger partial charge in [0, 0.05) is 18.2 Å². The van der Waals surface area contributed by atoms with Crippen LogP contribution >= 0.6 is 11.3 Å². The minimum atomic E-state index is -0.348. The summed E-state index contributed by atoms with van der Waals surface area (Å²) in [4.78, 5) is 16.5. The minimum Gasteiger partial charge on any atom is -0.393 e. The first-order valence-electron chi connectivity index (χ1n) is 7.98. The average Bonchev–Trinajstić information content (AvgIpc) is 2.88. The molecule has 2 rings (SSSR count). The zero-order valence-corrected chi connectivity index (χ0v) is 14.9. The summed E-state index contributed by atoms with van der Waals surface area (Å²) in [5.41, 5.74) is 1.73. The normalized spacial score (nSPS) is 14.0. The lowest BCUT2D eigenvalue weighted by Gasteiger charge is -2.14. The molecule has 0 saturated heterocycles. The fraction of sp³-hybridized carbons (Fsp3) is 0.529. The van der Waals surface area contributed by atoms with Gasteiger partial charge in [0.05, 0.1) is 21.3 Å². The maximum atomic E-state index is 12.0. The van der Waals surface area contributed by atoms with Crippen LogP contribution in [-0.4, -0.2) is 28.8 Å². The number of fused-ring (bicyclic) bond motifs is 1. The SMILES string of the molecule is CC(O)CC(C)CNC(=O)Nc1ccc2nc(C(C)C)sc2c1. The Morgan fingerprint density at radius 2 is 2.04 bits per heavy atom. The summed E-state index contributed by atoms with van der Waals surface area (Å²) in [6.07, 6.45) is 0.323.